The molecule has 1 amide bonds. The fourth-order valence-corrected chi connectivity index (χ4v) is 3.35. The Labute approximate surface area is 125 Å². The van der Waals surface area contributed by atoms with Gasteiger partial charge in [0.1, 0.15) is 0 Å². The molecule has 0 radical (unpaired) electrons. The van der Waals surface area contributed by atoms with Gasteiger partial charge in [0.15, 0.2) is 0 Å². The van der Waals surface area contributed by atoms with E-state index in [1.54, 1.807) is 0 Å². The highest BCUT2D eigenvalue weighted by molar-refractivity contribution is 6.30. The van der Waals surface area contributed by atoms with E-state index < -0.39 is 0 Å². The van der Waals surface area contributed by atoms with Gasteiger partial charge in [-0.25, -0.2) is 0 Å². The Morgan fingerprint density at radius 3 is 2.95 bits per heavy atom. The third kappa shape index (κ3) is 2.57. The van der Waals surface area contributed by atoms with Crippen molar-refractivity contribution in [1.82, 2.24) is 10.2 Å². The van der Waals surface area contributed by atoms with Gasteiger partial charge in [-0.1, -0.05) is 23.7 Å². The minimum Gasteiger partial charge on any atom is -0.337 e. The Morgan fingerprint density at radius 2 is 2.20 bits per heavy atom. The second-order valence-corrected chi connectivity index (χ2v) is 6.46. The van der Waals surface area contributed by atoms with Gasteiger partial charge in [0.05, 0.1) is 0 Å². The zero-order valence-corrected chi connectivity index (χ0v) is 12.7. The van der Waals surface area contributed by atoms with Crippen molar-refractivity contribution in [3.05, 3.63) is 34.9 Å². The van der Waals surface area contributed by atoms with Crippen LogP contribution >= 0.6 is 11.6 Å². The Kier molecular flexibility index (Phi) is 3.74. The zero-order chi connectivity index (χ0) is 14.3. The summed E-state index contributed by atoms with van der Waals surface area (Å²) < 4.78 is 0. The normalized spacial score (nSPS) is 33.0. The molecule has 1 aliphatic heterocycles. The van der Waals surface area contributed by atoms with E-state index in [1.807, 2.05) is 18.2 Å². The quantitative estimate of drug-likeness (QED) is 0.909. The summed E-state index contributed by atoms with van der Waals surface area (Å²) >= 11 is 6.03. The number of nitrogens with one attached hydrogen (secondary N) is 1. The fourth-order valence-electron chi connectivity index (χ4n) is 3.15. The highest BCUT2D eigenvalue weighted by Gasteiger charge is 2.47. The van der Waals surface area contributed by atoms with Crippen LogP contribution in [0, 0.1) is 5.92 Å². The van der Waals surface area contributed by atoms with Crippen LogP contribution in [-0.2, 0) is 4.79 Å². The van der Waals surface area contributed by atoms with Crippen molar-refractivity contribution in [2.45, 2.75) is 38.3 Å². The van der Waals surface area contributed by atoms with Crippen LogP contribution in [0.25, 0.3) is 0 Å². The van der Waals surface area contributed by atoms with E-state index >= 15 is 0 Å². The van der Waals surface area contributed by atoms with Gasteiger partial charge in [0, 0.05) is 36.1 Å². The second kappa shape index (κ2) is 5.38. The van der Waals surface area contributed by atoms with Crippen LogP contribution in [0.2, 0.25) is 5.02 Å². The van der Waals surface area contributed by atoms with Crippen LogP contribution in [-0.4, -0.2) is 36.0 Å². The van der Waals surface area contributed by atoms with Gasteiger partial charge in [-0.15, -0.1) is 0 Å². The molecule has 1 heterocycles. The number of benzene rings is 1. The van der Waals surface area contributed by atoms with Crippen LogP contribution in [0.15, 0.2) is 24.3 Å². The SMILES string of the molecule is CC1NCCN(C(=O)C2CC2c2cccc(Cl)c2)C1C. The third-order valence-electron chi connectivity index (χ3n) is 4.70. The molecule has 0 aromatic heterocycles. The molecule has 1 saturated heterocycles. The van der Waals surface area contributed by atoms with Crippen LogP contribution in [0.3, 0.4) is 0 Å². The number of hydrogen-bond acceptors (Lipinski definition) is 2. The van der Waals surface area contributed by atoms with Gasteiger partial charge in [0.25, 0.3) is 0 Å². The Balaban J connectivity index is 1.68. The van der Waals surface area contributed by atoms with E-state index in [4.69, 9.17) is 11.6 Å². The van der Waals surface area contributed by atoms with Gasteiger partial charge in [-0.3, -0.25) is 4.79 Å². The standard InChI is InChI=1S/C16H21ClN2O/c1-10-11(2)19(7-6-18-10)16(20)15-9-14(15)12-4-3-5-13(17)8-12/h3-5,8,10-11,14-15,18H,6-7,9H2,1-2H3. The van der Waals surface area contributed by atoms with Crippen molar-refractivity contribution in [2.24, 2.45) is 5.92 Å². The van der Waals surface area contributed by atoms with Crippen molar-refractivity contribution in [3.8, 4) is 0 Å². The summed E-state index contributed by atoms with van der Waals surface area (Å²) in [6, 6.07) is 8.56. The summed E-state index contributed by atoms with van der Waals surface area (Å²) in [6.07, 6.45) is 0.963. The molecule has 108 valence electrons. The van der Waals surface area contributed by atoms with Crippen molar-refractivity contribution in [1.29, 1.82) is 0 Å². The van der Waals surface area contributed by atoms with Gasteiger partial charge in [-0.05, 0) is 43.9 Å². The predicted octanol–water partition coefficient (Wildman–Crippen LogP) is 2.65. The number of amides is 1. The van der Waals surface area contributed by atoms with Crippen LogP contribution in [0.5, 0.6) is 0 Å². The average Bonchev–Trinajstić information content (AvgIpc) is 3.21. The average molecular weight is 293 g/mol. The van der Waals surface area contributed by atoms with Crippen molar-refractivity contribution < 1.29 is 4.79 Å². The van der Waals surface area contributed by atoms with Crippen LogP contribution in [0.1, 0.15) is 31.7 Å². The zero-order valence-electron chi connectivity index (χ0n) is 12.0. The monoisotopic (exact) mass is 292 g/mol. The molecular weight excluding hydrogens is 272 g/mol. The lowest BCUT2D eigenvalue weighted by atomic mass is 10.0. The first-order valence-electron chi connectivity index (χ1n) is 7.37. The molecule has 1 N–H and O–H groups in total. The first-order valence-corrected chi connectivity index (χ1v) is 7.75. The minimum absolute atomic E-state index is 0.154. The highest BCUT2D eigenvalue weighted by atomic mass is 35.5. The predicted molar refractivity (Wildman–Crippen MR) is 80.9 cm³/mol. The van der Waals surface area contributed by atoms with E-state index in [2.05, 4.69) is 30.1 Å². The number of piperazine rings is 1. The van der Waals surface area contributed by atoms with E-state index in [9.17, 15) is 4.79 Å². The maximum absolute atomic E-state index is 12.7. The minimum atomic E-state index is 0.154. The first kappa shape index (κ1) is 13.9. The molecule has 1 aromatic rings. The molecule has 20 heavy (non-hydrogen) atoms. The summed E-state index contributed by atoms with van der Waals surface area (Å²) in [5, 5.41) is 4.17. The molecule has 1 aromatic carbocycles. The van der Waals surface area contributed by atoms with E-state index in [1.165, 1.54) is 5.56 Å². The summed E-state index contributed by atoms with van der Waals surface area (Å²) in [5.41, 5.74) is 1.20. The number of nitrogens with zero attached hydrogens (tertiary/aromatic N) is 1. The molecule has 4 atom stereocenters. The molecule has 1 saturated carbocycles. The first-order chi connectivity index (χ1) is 9.58. The molecule has 3 nitrogen and oxygen atoms in total. The smallest absolute Gasteiger partial charge is 0.226 e. The number of rotatable bonds is 2. The highest BCUT2D eigenvalue weighted by Crippen LogP contribution is 2.49. The molecule has 2 fully saturated rings. The number of hydrogen-bond donors (Lipinski definition) is 1. The second-order valence-electron chi connectivity index (χ2n) is 6.02. The van der Waals surface area contributed by atoms with Gasteiger partial charge >= 0.3 is 0 Å². The Hall–Kier alpha value is -1.06. The molecule has 2 aliphatic rings. The van der Waals surface area contributed by atoms with Gasteiger partial charge in [-0.2, -0.15) is 0 Å². The molecule has 1 aliphatic carbocycles. The third-order valence-corrected chi connectivity index (χ3v) is 4.94. The van der Waals surface area contributed by atoms with E-state index in [-0.39, 0.29) is 12.0 Å². The van der Waals surface area contributed by atoms with Gasteiger partial charge < -0.3 is 10.2 Å². The topological polar surface area (TPSA) is 32.3 Å². The van der Waals surface area contributed by atoms with Gasteiger partial charge in [0.2, 0.25) is 5.91 Å². The maximum atomic E-state index is 12.7. The largest absolute Gasteiger partial charge is 0.337 e. The van der Waals surface area contributed by atoms with Crippen LogP contribution in [0.4, 0.5) is 0 Å². The fraction of sp³-hybridized carbons (Fsp3) is 0.562. The number of halogens is 1. The summed E-state index contributed by atoms with van der Waals surface area (Å²) in [7, 11) is 0. The number of carbonyl (C=O) groups is 1. The maximum Gasteiger partial charge on any atom is 0.226 e. The lowest BCUT2D eigenvalue weighted by molar-refractivity contribution is -0.136. The molecule has 0 bridgehead atoms. The van der Waals surface area contributed by atoms with E-state index in [0.29, 0.717) is 17.9 Å². The van der Waals surface area contributed by atoms with Crippen molar-refractivity contribution >= 4 is 17.5 Å². The van der Waals surface area contributed by atoms with Crippen molar-refractivity contribution in [3.63, 3.8) is 0 Å². The molecule has 4 heteroatoms. The lowest BCUT2D eigenvalue weighted by Crippen LogP contribution is -2.57. The number of carbonyl (C=O) groups excluding carboxylic acids is 1. The Bertz CT molecular complexity index is 519. The van der Waals surface area contributed by atoms with Crippen molar-refractivity contribution in [2.75, 3.05) is 13.1 Å². The summed E-state index contributed by atoms with van der Waals surface area (Å²) in [6.45, 7) is 5.99. The summed E-state index contributed by atoms with van der Waals surface area (Å²) in [4.78, 5) is 14.7. The molecule has 3 rings (SSSR count). The van der Waals surface area contributed by atoms with E-state index in [0.717, 1.165) is 24.5 Å². The van der Waals surface area contributed by atoms with Crippen LogP contribution < -0.4 is 5.32 Å². The summed E-state index contributed by atoms with van der Waals surface area (Å²) in [5.74, 6) is 0.829. The molecule has 4 unspecified atom stereocenters. The lowest BCUT2D eigenvalue weighted by Gasteiger charge is -2.38. The Morgan fingerprint density at radius 1 is 1.40 bits per heavy atom. The molecule has 0 spiro atoms. The molecular formula is C16H21ClN2O.